The van der Waals surface area contributed by atoms with Crippen molar-refractivity contribution in [1.29, 1.82) is 0 Å². The first kappa shape index (κ1) is 8.52. The predicted octanol–water partition coefficient (Wildman–Crippen LogP) is 0.938. The molecule has 1 saturated carbocycles. The van der Waals surface area contributed by atoms with Crippen LogP contribution in [0.1, 0.15) is 19.8 Å². The number of rotatable bonds is 3. The maximum Gasteiger partial charge on any atom is 0.0107 e. The number of hydrogen-bond acceptors (Lipinski definition) is 2. The smallest absolute Gasteiger partial charge is 0.0107 e. The fourth-order valence-corrected chi connectivity index (χ4v) is 2.08. The van der Waals surface area contributed by atoms with Crippen molar-refractivity contribution in [2.75, 3.05) is 32.7 Å². The molecular formula is C10H20N2. The summed E-state index contributed by atoms with van der Waals surface area (Å²) in [7, 11) is 0. The Morgan fingerprint density at radius 3 is 2.58 bits per heavy atom. The molecule has 2 nitrogen and oxygen atoms in total. The first-order valence-electron chi connectivity index (χ1n) is 5.29. The van der Waals surface area contributed by atoms with Gasteiger partial charge in [0.05, 0.1) is 0 Å². The van der Waals surface area contributed by atoms with Gasteiger partial charge in [-0.15, -0.1) is 0 Å². The summed E-state index contributed by atoms with van der Waals surface area (Å²) in [4.78, 5) is 2.60. The van der Waals surface area contributed by atoms with Gasteiger partial charge in [0.15, 0.2) is 0 Å². The predicted molar refractivity (Wildman–Crippen MR) is 51.2 cm³/mol. The first-order chi connectivity index (χ1) is 5.86. The first-order valence-corrected chi connectivity index (χ1v) is 5.29. The minimum Gasteiger partial charge on any atom is -0.314 e. The monoisotopic (exact) mass is 168 g/mol. The zero-order valence-electron chi connectivity index (χ0n) is 8.05. The molecule has 1 aliphatic carbocycles. The molecule has 1 N–H and O–H groups in total. The Hall–Kier alpha value is -0.0800. The molecule has 2 atom stereocenters. The fraction of sp³-hybridized carbons (Fsp3) is 1.00. The van der Waals surface area contributed by atoms with E-state index in [2.05, 4.69) is 17.1 Å². The third-order valence-corrected chi connectivity index (χ3v) is 3.30. The van der Waals surface area contributed by atoms with Crippen LogP contribution in [0.15, 0.2) is 0 Å². The topological polar surface area (TPSA) is 15.3 Å². The van der Waals surface area contributed by atoms with E-state index in [4.69, 9.17) is 0 Å². The lowest BCUT2D eigenvalue weighted by atomic mass is 10.2. The Balaban J connectivity index is 1.59. The quantitative estimate of drug-likeness (QED) is 0.674. The Morgan fingerprint density at radius 1 is 1.33 bits per heavy atom. The van der Waals surface area contributed by atoms with Gasteiger partial charge in [-0.25, -0.2) is 0 Å². The highest BCUT2D eigenvalue weighted by Gasteiger charge is 2.32. The molecule has 2 aliphatic rings. The molecule has 2 fully saturated rings. The maximum atomic E-state index is 3.39. The highest BCUT2D eigenvalue weighted by atomic mass is 15.2. The second-order valence-corrected chi connectivity index (χ2v) is 4.35. The van der Waals surface area contributed by atoms with Gasteiger partial charge in [0.1, 0.15) is 0 Å². The van der Waals surface area contributed by atoms with Crippen molar-refractivity contribution in [1.82, 2.24) is 10.2 Å². The molecule has 0 aromatic carbocycles. The molecule has 0 bridgehead atoms. The van der Waals surface area contributed by atoms with Crippen LogP contribution < -0.4 is 5.32 Å². The van der Waals surface area contributed by atoms with Gasteiger partial charge >= 0.3 is 0 Å². The molecule has 1 saturated heterocycles. The van der Waals surface area contributed by atoms with E-state index in [1.165, 1.54) is 45.6 Å². The van der Waals surface area contributed by atoms with Crippen LogP contribution in [0, 0.1) is 11.8 Å². The molecule has 2 unspecified atom stereocenters. The zero-order valence-corrected chi connectivity index (χ0v) is 8.05. The highest BCUT2D eigenvalue weighted by Crippen LogP contribution is 2.40. The number of hydrogen-bond donors (Lipinski definition) is 1. The Labute approximate surface area is 75.3 Å². The van der Waals surface area contributed by atoms with E-state index in [0.717, 1.165) is 11.8 Å². The van der Waals surface area contributed by atoms with Gasteiger partial charge in [-0.1, -0.05) is 6.92 Å². The van der Waals surface area contributed by atoms with Gasteiger partial charge in [0, 0.05) is 26.2 Å². The minimum absolute atomic E-state index is 1.04. The van der Waals surface area contributed by atoms with Gasteiger partial charge in [-0.2, -0.15) is 0 Å². The third-order valence-electron chi connectivity index (χ3n) is 3.30. The van der Waals surface area contributed by atoms with E-state index in [1.807, 2.05) is 0 Å². The molecule has 0 radical (unpaired) electrons. The second kappa shape index (κ2) is 3.75. The molecule has 1 aliphatic heterocycles. The van der Waals surface area contributed by atoms with E-state index in [0.29, 0.717) is 0 Å². The van der Waals surface area contributed by atoms with Crippen LogP contribution in [-0.2, 0) is 0 Å². The Kier molecular flexibility index (Phi) is 2.66. The van der Waals surface area contributed by atoms with E-state index in [1.54, 1.807) is 0 Å². The van der Waals surface area contributed by atoms with Crippen LogP contribution in [0.3, 0.4) is 0 Å². The number of nitrogens with zero attached hydrogens (tertiary/aromatic N) is 1. The molecule has 0 aromatic rings. The molecule has 1 heterocycles. The van der Waals surface area contributed by atoms with Gasteiger partial charge in [0.25, 0.3) is 0 Å². The van der Waals surface area contributed by atoms with Crippen molar-refractivity contribution in [3.63, 3.8) is 0 Å². The summed E-state index contributed by atoms with van der Waals surface area (Å²) in [5, 5.41) is 3.39. The van der Waals surface area contributed by atoms with Crippen molar-refractivity contribution in [3.05, 3.63) is 0 Å². The summed E-state index contributed by atoms with van der Waals surface area (Å²) in [6.07, 6.45) is 2.94. The maximum absolute atomic E-state index is 3.39. The summed E-state index contributed by atoms with van der Waals surface area (Å²) in [6, 6.07) is 0. The molecule has 0 spiro atoms. The molecule has 0 aromatic heterocycles. The van der Waals surface area contributed by atoms with Crippen molar-refractivity contribution in [2.45, 2.75) is 19.8 Å². The van der Waals surface area contributed by atoms with Crippen LogP contribution >= 0.6 is 0 Å². The SMILES string of the molecule is CC1CC1CCN1CCNCC1. The Bertz CT molecular complexity index is 141. The van der Waals surface area contributed by atoms with Crippen molar-refractivity contribution in [2.24, 2.45) is 11.8 Å². The molecule has 2 rings (SSSR count). The normalized spacial score (nSPS) is 36.8. The zero-order chi connectivity index (χ0) is 8.39. The van der Waals surface area contributed by atoms with Crippen LogP contribution in [0.25, 0.3) is 0 Å². The lowest BCUT2D eigenvalue weighted by molar-refractivity contribution is 0.233. The lowest BCUT2D eigenvalue weighted by Crippen LogP contribution is -2.43. The second-order valence-electron chi connectivity index (χ2n) is 4.35. The fourth-order valence-electron chi connectivity index (χ4n) is 2.08. The largest absolute Gasteiger partial charge is 0.314 e. The number of piperazine rings is 1. The van der Waals surface area contributed by atoms with E-state index < -0.39 is 0 Å². The average molecular weight is 168 g/mol. The van der Waals surface area contributed by atoms with Gasteiger partial charge in [-0.3, -0.25) is 0 Å². The standard InChI is InChI=1S/C10H20N2/c1-9-8-10(9)2-5-12-6-3-11-4-7-12/h9-11H,2-8H2,1H3. The summed E-state index contributed by atoms with van der Waals surface area (Å²) in [5.74, 6) is 2.10. The van der Waals surface area contributed by atoms with E-state index in [-0.39, 0.29) is 0 Å². The van der Waals surface area contributed by atoms with Crippen LogP contribution in [0.5, 0.6) is 0 Å². The van der Waals surface area contributed by atoms with Crippen LogP contribution in [0.2, 0.25) is 0 Å². The van der Waals surface area contributed by atoms with Gasteiger partial charge in [-0.05, 0) is 31.2 Å². The molecule has 0 amide bonds. The third kappa shape index (κ3) is 2.20. The summed E-state index contributed by atoms with van der Waals surface area (Å²) in [5.41, 5.74) is 0. The van der Waals surface area contributed by atoms with E-state index >= 15 is 0 Å². The van der Waals surface area contributed by atoms with Crippen molar-refractivity contribution < 1.29 is 0 Å². The lowest BCUT2D eigenvalue weighted by Gasteiger charge is -2.27. The van der Waals surface area contributed by atoms with Crippen LogP contribution in [-0.4, -0.2) is 37.6 Å². The Morgan fingerprint density at radius 2 is 2.00 bits per heavy atom. The van der Waals surface area contributed by atoms with E-state index in [9.17, 15) is 0 Å². The van der Waals surface area contributed by atoms with Gasteiger partial charge < -0.3 is 10.2 Å². The van der Waals surface area contributed by atoms with Crippen molar-refractivity contribution >= 4 is 0 Å². The molecular weight excluding hydrogens is 148 g/mol. The summed E-state index contributed by atoms with van der Waals surface area (Å²) < 4.78 is 0. The molecule has 2 heteroatoms. The number of nitrogens with one attached hydrogen (secondary N) is 1. The minimum atomic E-state index is 1.04. The highest BCUT2D eigenvalue weighted by molar-refractivity contribution is 4.83. The molecule has 70 valence electrons. The van der Waals surface area contributed by atoms with Gasteiger partial charge in [0.2, 0.25) is 0 Å². The average Bonchev–Trinajstić information content (AvgIpc) is 2.81. The van der Waals surface area contributed by atoms with Crippen molar-refractivity contribution in [3.8, 4) is 0 Å². The molecule has 12 heavy (non-hydrogen) atoms. The summed E-state index contributed by atoms with van der Waals surface area (Å²) >= 11 is 0. The summed E-state index contributed by atoms with van der Waals surface area (Å²) in [6.45, 7) is 8.64. The van der Waals surface area contributed by atoms with Crippen LogP contribution in [0.4, 0.5) is 0 Å².